The van der Waals surface area contributed by atoms with E-state index in [4.69, 9.17) is 46.9 Å². The second-order valence-corrected chi connectivity index (χ2v) is 28.3. The van der Waals surface area contributed by atoms with E-state index in [1.165, 1.54) is 23.1 Å². The van der Waals surface area contributed by atoms with Gasteiger partial charge < -0.3 is 51.9 Å². The first-order chi connectivity index (χ1) is 43.7. The molecule has 3 N–H and O–H groups in total. The van der Waals surface area contributed by atoms with Crippen molar-refractivity contribution in [3.63, 3.8) is 0 Å². The minimum Gasteiger partial charge on any atom is -0.465 e. The number of rotatable bonds is 17. The standard InChI is InChI=1S/C19H24N2O2.C14H16N2.C14H19NO2.C7H9NO2.C6H9N.C5H7NO2.C5H7NO.C2H4Br2.2CH4.CH3/c1-18(2,3)23-17(22)21(13-19(12-20)9-10-19)16-11-15(16)14-7-5-4-6-8-14;15-9-14(6-7-14)10-16-13-8-12(13)11-4-2-1-3-5-11;1-14(2,3)17-13(16)15-12-9-11(12)10-7-5-4-6-8-10;1-2-10-6(9)7(5-8)3-4-7;1-2-6(5-7)3-4-6;1-3-8-5(7)4-6-2;6-3-5(4-7)1-2-5;3-1-2-4;;;/h4-8,15-16H,9-11,13H2,1-3H3;1-5,12-13,16H,6-8,10H2;4-8,11-12H,9H2,1-3H3,(H,15,16);2-4H2,1H3;2-4H2,1H3;3-4H2,1H3;7H,1-2,4H2;1-2H2;2*1H4;1H3/q;;;;;;;;;;-1/t15?,16-;12?,13-;11?,12-;;;;;;;;/m000......../s1. The molecule has 2 amide bonds. The molecule has 8 aliphatic rings. The summed E-state index contributed by atoms with van der Waals surface area (Å²) in [5, 5.41) is 60.5. The minimum atomic E-state index is -0.754. The molecule has 8 saturated carbocycles. The summed E-state index contributed by atoms with van der Waals surface area (Å²) in [4.78, 5) is 49.9. The minimum absolute atomic E-state index is 0. The Kier molecular flexibility index (Phi) is 36.7. The Labute approximate surface area is 585 Å². The predicted octanol–water partition coefficient (Wildman–Crippen LogP) is 16.4. The van der Waals surface area contributed by atoms with Crippen molar-refractivity contribution in [1.82, 2.24) is 15.5 Å². The van der Waals surface area contributed by atoms with Gasteiger partial charge in [-0.3, -0.25) is 4.79 Å². The van der Waals surface area contributed by atoms with Crippen molar-refractivity contribution in [3.8, 4) is 30.3 Å². The molecule has 3 aromatic carbocycles. The van der Waals surface area contributed by atoms with Crippen molar-refractivity contribution in [2.45, 2.75) is 214 Å². The number of esters is 2. The van der Waals surface area contributed by atoms with Gasteiger partial charge in [0.2, 0.25) is 0 Å². The molecular weight excluding hydrogens is 1330 g/mol. The zero-order valence-corrected chi connectivity index (χ0v) is 59.5. The monoisotopic (exact) mass is 1430 g/mol. The van der Waals surface area contributed by atoms with Gasteiger partial charge in [0, 0.05) is 59.6 Å². The predicted molar refractivity (Wildman–Crippen MR) is 379 cm³/mol. The first-order valence-electron chi connectivity index (χ1n) is 32.1. The van der Waals surface area contributed by atoms with Crippen LogP contribution < -0.4 is 10.6 Å². The Bertz CT molecular complexity index is 3050. The lowest BCUT2D eigenvalue weighted by molar-refractivity contribution is -0.147. The number of nitriles is 5. The maximum absolute atomic E-state index is 12.6. The maximum Gasteiger partial charge on any atom is 0.410 e. The van der Waals surface area contributed by atoms with Crippen LogP contribution in [-0.4, -0.2) is 114 Å². The van der Waals surface area contributed by atoms with Crippen LogP contribution in [0.15, 0.2) is 91.0 Å². The summed E-state index contributed by atoms with van der Waals surface area (Å²) in [7, 11) is 0. The van der Waals surface area contributed by atoms with Crippen LogP contribution in [-0.2, 0) is 28.5 Å². The maximum atomic E-state index is 12.6. The highest BCUT2D eigenvalue weighted by molar-refractivity contribution is 9.11. The van der Waals surface area contributed by atoms with Crippen LogP contribution in [0.25, 0.3) is 4.85 Å². The van der Waals surface area contributed by atoms with Crippen molar-refractivity contribution >= 4 is 56.0 Å². The first kappa shape index (κ1) is 86.0. The normalized spacial score (nSPS) is 21.4. The fraction of sp³-hybridized carbons (Fsp3) is 0.613. The van der Waals surface area contributed by atoms with Crippen LogP contribution >= 0.6 is 31.9 Å². The number of aliphatic hydroxyl groups excluding tert-OH is 1. The molecule has 0 radical (unpaired) electrons. The molecule has 0 heterocycles. The molecule has 0 aromatic heterocycles. The Hall–Kier alpha value is -7.04. The average molecular weight is 1440 g/mol. The molecule has 18 nitrogen and oxygen atoms in total. The average Bonchev–Trinajstić information content (AvgIpc) is 1.61. The summed E-state index contributed by atoms with van der Waals surface area (Å²) in [6, 6.07) is 43.3. The van der Waals surface area contributed by atoms with Crippen molar-refractivity contribution in [1.29, 1.82) is 26.3 Å². The second kappa shape index (κ2) is 40.5. The second-order valence-electron chi connectivity index (χ2n) is 26.7. The van der Waals surface area contributed by atoms with E-state index in [1.54, 1.807) is 18.7 Å². The molecule has 8 fully saturated rings. The van der Waals surface area contributed by atoms with Crippen LogP contribution in [0, 0.1) is 97.7 Å². The Balaban J connectivity index is 0.000000568. The quantitative estimate of drug-likeness (QED) is 0.0490. The highest BCUT2D eigenvalue weighted by Gasteiger charge is 2.54. The lowest BCUT2D eigenvalue weighted by Crippen LogP contribution is -2.41. The van der Waals surface area contributed by atoms with Gasteiger partial charge in [0.15, 0.2) is 5.41 Å². The van der Waals surface area contributed by atoms with E-state index in [0.717, 1.165) is 87.8 Å². The number of nitrogens with one attached hydrogen (secondary N) is 2. The van der Waals surface area contributed by atoms with E-state index in [-0.39, 0.29) is 87.3 Å². The van der Waals surface area contributed by atoms with Gasteiger partial charge >= 0.3 is 30.7 Å². The van der Waals surface area contributed by atoms with Crippen molar-refractivity contribution in [2.24, 2.45) is 27.1 Å². The SMILES string of the molecule is BrCCBr.C.C.CC(C)(C)OC(=O)N(CC1(C#N)CC1)[C@H]1CC1c1ccccc1.CC(C)(C)OC(=O)N[C@H]1CC1c1ccccc1.CCC1(C#N)CC1.CCOC(=O)C1(C#N)CC1.N#CC1(CN[C@H]2CC2c2ccccc2)CC1.N#CC1(CO)CC1.[C-]#[N+]CC(=O)OCC.[CH3-]. The lowest BCUT2D eigenvalue weighted by atomic mass is 10.1. The Morgan fingerprint density at radius 3 is 1.35 bits per heavy atom. The van der Waals surface area contributed by atoms with E-state index in [1.807, 2.05) is 84.0 Å². The van der Waals surface area contributed by atoms with Crippen molar-refractivity contribution in [2.75, 3.05) is 50.1 Å². The van der Waals surface area contributed by atoms with Crippen LogP contribution in [0.2, 0.25) is 0 Å². The number of nitrogens with zero attached hydrogens (tertiary/aromatic N) is 7. The number of carbonyl (C=O) groups excluding carboxylic acids is 4. The smallest absolute Gasteiger partial charge is 0.410 e. The summed E-state index contributed by atoms with van der Waals surface area (Å²) in [5.41, 5.74) is 1.75. The van der Waals surface area contributed by atoms with Crippen molar-refractivity contribution in [3.05, 3.63) is 127 Å². The van der Waals surface area contributed by atoms with Gasteiger partial charge in [-0.1, -0.05) is 145 Å². The number of aliphatic hydroxyl groups is 1. The summed E-state index contributed by atoms with van der Waals surface area (Å²) in [6.45, 7) is 25.0. The van der Waals surface area contributed by atoms with Gasteiger partial charge in [-0.05, 0) is 162 Å². The van der Waals surface area contributed by atoms with E-state index in [9.17, 15) is 24.4 Å². The highest BCUT2D eigenvalue weighted by Crippen LogP contribution is 2.52. The zero-order chi connectivity index (χ0) is 68.2. The third-order valence-corrected chi connectivity index (χ3v) is 18.3. The molecule has 6 atom stereocenters. The number of ether oxygens (including phenoxy) is 4. The van der Waals surface area contributed by atoms with Crippen LogP contribution in [0.5, 0.6) is 0 Å². The van der Waals surface area contributed by atoms with Gasteiger partial charge in [-0.25, -0.2) is 21.0 Å². The summed E-state index contributed by atoms with van der Waals surface area (Å²) in [5.74, 6) is 0.692. The van der Waals surface area contributed by atoms with Gasteiger partial charge in [0.1, 0.15) is 11.2 Å². The fourth-order valence-electron chi connectivity index (χ4n) is 9.36. The fourth-order valence-corrected chi connectivity index (χ4v) is 9.36. The Morgan fingerprint density at radius 1 is 0.600 bits per heavy atom. The van der Waals surface area contributed by atoms with Crippen LogP contribution in [0.3, 0.4) is 0 Å². The van der Waals surface area contributed by atoms with Crippen molar-refractivity contribution < 1.29 is 43.2 Å². The number of amides is 2. The topological polar surface area (TPSA) is 276 Å². The highest BCUT2D eigenvalue weighted by atomic mass is 79.9. The molecule has 0 spiro atoms. The van der Waals surface area contributed by atoms with Crippen LogP contribution in [0.4, 0.5) is 9.59 Å². The number of alkyl halides is 2. The molecule has 520 valence electrons. The number of hydrogen-bond acceptors (Lipinski definition) is 15. The number of hydrogen-bond donors (Lipinski definition) is 3. The number of carbonyl (C=O) groups is 4. The van der Waals surface area contributed by atoms with E-state index in [2.05, 4.69) is 138 Å². The van der Waals surface area contributed by atoms with E-state index < -0.39 is 22.6 Å². The molecule has 0 bridgehead atoms. The van der Waals surface area contributed by atoms with Crippen LogP contribution in [0.1, 0.15) is 202 Å². The number of alkyl carbamates (subject to hydrolysis) is 1. The molecule has 20 heteroatoms. The Morgan fingerprint density at radius 2 is 1.02 bits per heavy atom. The molecule has 3 aromatic rings. The molecule has 8 aliphatic carbocycles. The third-order valence-electron chi connectivity index (χ3n) is 16.5. The number of benzene rings is 3. The van der Waals surface area contributed by atoms with Gasteiger partial charge in [-0.2, -0.15) is 26.3 Å². The van der Waals surface area contributed by atoms with Gasteiger partial charge in [0.05, 0.1) is 71.8 Å². The molecule has 11 rings (SSSR count). The summed E-state index contributed by atoms with van der Waals surface area (Å²) < 4.78 is 19.9. The van der Waals surface area contributed by atoms with E-state index in [0.29, 0.717) is 56.4 Å². The summed E-state index contributed by atoms with van der Waals surface area (Å²) in [6.07, 6.45) is 12.9. The largest absolute Gasteiger partial charge is 0.465 e. The zero-order valence-electron chi connectivity index (χ0n) is 56.3. The molecule has 95 heavy (non-hydrogen) atoms. The molecule has 0 saturated heterocycles. The third kappa shape index (κ3) is 31.1. The van der Waals surface area contributed by atoms with Gasteiger partial charge in [0.25, 0.3) is 0 Å². The first-order valence-corrected chi connectivity index (χ1v) is 34.3. The van der Waals surface area contributed by atoms with E-state index >= 15 is 0 Å². The molecule has 0 aliphatic heterocycles. The summed E-state index contributed by atoms with van der Waals surface area (Å²) >= 11 is 6.40. The lowest BCUT2D eigenvalue weighted by Gasteiger charge is -2.29. The molecular formula is C75H106Br2N9O9-. The number of halogens is 2. The van der Waals surface area contributed by atoms with Gasteiger partial charge in [-0.15, -0.1) is 0 Å². The molecule has 3 unspecified atom stereocenters.